The van der Waals surface area contributed by atoms with Crippen LogP contribution in [-0.4, -0.2) is 23.3 Å². The topological polar surface area (TPSA) is 62.3 Å². The lowest BCUT2D eigenvalue weighted by Crippen LogP contribution is -2.35. The summed E-state index contributed by atoms with van der Waals surface area (Å²) in [6.45, 7) is 0.681. The lowest BCUT2D eigenvalue weighted by Gasteiger charge is -2.30. The van der Waals surface area contributed by atoms with E-state index in [-0.39, 0.29) is 17.7 Å². The van der Waals surface area contributed by atoms with Gasteiger partial charge in [0.25, 0.3) is 5.91 Å². The summed E-state index contributed by atoms with van der Waals surface area (Å²) in [5.74, 6) is 0.194. The first-order chi connectivity index (χ1) is 11.7. The van der Waals surface area contributed by atoms with Crippen molar-refractivity contribution in [3.05, 3.63) is 53.9 Å². The van der Waals surface area contributed by atoms with Crippen molar-refractivity contribution in [3.8, 4) is 0 Å². The van der Waals surface area contributed by atoms with Gasteiger partial charge in [0, 0.05) is 36.2 Å². The molecule has 0 bridgehead atoms. The van der Waals surface area contributed by atoms with Gasteiger partial charge in [-0.1, -0.05) is 6.07 Å². The van der Waals surface area contributed by atoms with Crippen LogP contribution >= 0.6 is 0 Å². The molecule has 2 heterocycles. The second-order valence-corrected chi connectivity index (χ2v) is 6.41. The van der Waals surface area contributed by atoms with Crippen LogP contribution in [0.25, 0.3) is 0 Å². The van der Waals surface area contributed by atoms with Crippen molar-refractivity contribution in [1.29, 1.82) is 0 Å². The minimum Gasteiger partial charge on any atom is -0.326 e. The molecule has 5 nitrogen and oxygen atoms in total. The standard InChI is InChI=1S/C19H19N3O2/c23-18(14-5-6-14)21-16-8-7-13-4-2-10-22(17(13)11-16)19(24)15-3-1-9-20-12-15/h1,3,7-9,11-12,14H,2,4-6,10H2,(H,21,23). The molecule has 4 rings (SSSR count). The van der Waals surface area contributed by atoms with Crippen molar-refractivity contribution in [1.82, 2.24) is 4.98 Å². The molecule has 1 aromatic carbocycles. The van der Waals surface area contributed by atoms with Gasteiger partial charge in [-0.25, -0.2) is 0 Å². The van der Waals surface area contributed by atoms with E-state index in [1.165, 1.54) is 0 Å². The molecule has 1 N–H and O–H groups in total. The van der Waals surface area contributed by atoms with Crippen molar-refractivity contribution >= 4 is 23.2 Å². The highest BCUT2D eigenvalue weighted by Gasteiger charge is 2.30. The number of hydrogen-bond donors (Lipinski definition) is 1. The van der Waals surface area contributed by atoms with Crippen molar-refractivity contribution in [3.63, 3.8) is 0 Å². The Hall–Kier alpha value is -2.69. The van der Waals surface area contributed by atoms with Crippen LogP contribution in [0, 0.1) is 5.92 Å². The Morgan fingerprint density at radius 3 is 2.83 bits per heavy atom. The predicted octanol–water partition coefficient (Wildman–Crippen LogP) is 3.02. The molecule has 122 valence electrons. The maximum absolute atomic E-state index is 12.8. The number of hydrogen-bond acceptors (Lipinski definition) is 3. The van der Waals surface area contributed by atoms with Crippen molar-refractivity contribution in [2.75, 3.05) is 16.8 Å². The fourth-order valence-corrected chi connectivity index (χ4v) is 3.10. The van der Waals surface area contributed by atoms with Gasteiger partial charge in [-0.3, -0.25) is 14.6 Å². The van der Waals surface area contributed by atoms with Gasteiger partial charge in [-0.2, -0.15) is 0 Å². The van der Waals surface area contributed by atoms with Crippen molar-refractivity contribution in [2.24, 2.45) is 5.92 Å². The highest BCUT2D eigenvalue weighted by molar-refractivity contribution is 6.07. The monoisotopic (exact) mass is 321 g/mol. The number of amides is 2. The number of carbonyl (C=O) groups excluding carboxylic acids is 2. The molecule has 2 aromatic rings. The zero-order valence-electron chi connectivity index (χ0n) is 13.4. The Labute approximate surface area is 140 Å². The zero-order valence-corrected chi connectivity index (χ0v) is 13.4. The lowest BCUT2D eigenvalue weighted by atomic mass is 10.00. The maximum Gasteiger partial charge on any atom is 0.259 e. The molecule has 24 heavy (non-hydrogen) atoms. The third-order valence-corrected chi connectivity index (χ3v) is 4.57. The Kier molecular flexibility index (Phi) is 3.76. The van der Waals surface area contributed by atoms with Crippen LogP contribution in [-0.2, 0) is 11.2 Å². The molecule has 1 aromatic heterocycles. The third-order valence-electron chi connectivity index (χ3n) is 4.57. The van der Waals surface area contributed by atoms with Gasteiger partial charge in [0.15, 0.2) is 0 Å². The first-order valence-corrected chi connectivity index (χ1v) is 8.38. The minimum absolute atomic E-state index is 0.0466. The highest BCUT2D eigenvalue weighted by atomic mass is 16.2. The number of anilines is 2. The second-order valence-electron chi connectivity index (χ2n) is 6.41. The molecule has 2 aliphatic rings. The van der Waals surface area contributed by atoms with Crippen LogP contribution in [0.1, 0.15) is 35.2 Å². The summed E-state index contributed by atoms with van der Waals surface area (Å²) >= 11 is 0. The molecule has 0 atom stereocenters. The molecule has 0 spiro atoms. The summed E-state index contributed by atoms with van der Waals surface area (Å²) in [6, 6.07) is 9.41. The van der Waals surface area contributed by atoms with E-state index in [4.69, 9.17) is 0 Å². The molecular weight excluding hydrogens is 302 g/mol. The molecule has 1 fully saturated rings. The van der Waals surface area contributed by atoms with E-state index in [2.05, 4.69) is 10.3 Å². The zero-order chi connectivity index (χ0) is 16.5. The summed E-state index contributed by atoms with van der Waals surface area (Å²) in [5.41, 5.74) is 3.38. The first kappa shape index (κ1) is 14.9. The van der Waals surface area contributed by atoms with Gasteiger partial charge < -0.3 is 10.2 Å². The highest BCUT2D eigenvalue weighted by Crippen LogP contribution is 2.33. The van der Waals surface area contributed by atoms with Crippen LogP contribution in [0.4, 0.5) is 11.4 Å². The molecular formula is C19H19N3O2. The molecule has 1 aliphatic heterocycles. The van der Waals surface area contributed by atoms with Crippen LogP contribution in [0.5, 0.6) is 0 Å². The smallest absolute Gasteiger partial charge is 0.259 e. The summed E-state index contributed by atoms with van der Waals surface area (Å²) < 4.78 is 0. The molecule has 0 radical (unpaired) electrons. The van der Waals surface area contributed by atoms with Gasteiger partial charge >= 0.3 is 0 Å². The van der Waals surface area contributed by atoms with Crippen molar-refractivity contribution < 1.29 is 9.59 Å². The van der Waals surface area contributed by atoms with Crippen molar-refractivity contribution in [2.45, 2.75) is 25.7 Å². The lowest BCUT2D eigenvalue weighted by molar-refractivity contribution is -0.117. The number of nitrogens with one attached hydrogen (secondary N) is 1. The number of aromatic nitrogens is 1. The van der Waals surface area contributed by atoms with Crippen LogP contribution in [0.15, 0.2) is 42.7 Å². The Balaban J connectivity index is 1.62. The molecule has 1 saturated carbocycles. The van der Waals surface area contributed by atoms with E-state index in [9.17, 15) is 9.59 Å². The van der Waals surface area contributed by atoms with Gasteiger partial charge in [-0.15, -0.1) is 0 Å². The number of pyridine rings is 1. The fourth-order valence-electron chi connectivity index (χ4n) is 3.10. The van der Waals surface area contributed by atoms with Gasteiger partial charge in [0.05, 0.1) is 5.56 Å². The Morgan fingerprint density at radius 2 is 2.08 bits per heavy atom. The van der Waals surface area contributed by atoms with E-state index in [0.29, 0.717) is 12.1 Å². The number of carbonyl (C=O) groups is 2. The fraction of sp³-hybridized carbons (Fsp3) is 0.316. The number of nitrogens with zero attached hydrogens (tertiary/aromatic N) is 2. The maximum atomic E-state index is 12.8. The van der Waals surface area contributed by atoms with E-state index in [0.717, 1.165) is 42.6 Å². The van der Waals surface area contributed by atoms with Crippen LogP contribution < -0.4 is 10.2 Å². The summed E-state index contributed by atoms with van der Waals surface area (Å²) in [6.07, 6.45) is 7.09. The van der Waals surface area contributed by atoms with Gasteiger partial charge in [0.2, 0.25) is 5.91 Å². The number of rotatable bonds is 3. The number of benzene rings is 1. The predicted molar refractivity (Wildman–Crippen MR) is 92.0 cm³/mol. The molecule has 0 saturated heterocycles. The minimum atomic E-state index is -0.0466. The van der Waals surface area contributed by atoms with Crippen LogP contribution in [0.2, 0.25) is 0 Å². The molecule has 5 heteroatoms. The number of fused-ring (bicyclic) bond motifs is 1. The summed E-state index contributed by atoms with van der Waals surface area (Å²) in [7, 11) is 0. The SMILES string of the molecule is O=C(Nc1ccc2c(c1)N(C(=O)c1cccnc1)CCC2)C1CC1. The second kappa shape index (κ2) is 6.07. The molecule has 1 aliphatic carbocycles. The van der Waals surface area contributed by atoms with E-state index in [1.54, 1.807) is 29.4 Å². The largest absolute Gasteiger partial charge is 0.326 e. The van der Waals surface area contributed by atoms with Gasteiger partial charge in [0.1, 0.15) is 0 Å². The third kappa shape index (κ3) is 2.89. The average Bonchev–Trinajstić information content (AvgIpc) is 3.46. The Bertz CT molecular complexity index is 784. The summed E-state index contributed by atoms with van der Waals surface area (Å²) in [4.78, 5) is 30.6. The van der Waals surface area contributed by atoms with E-state index >= 15 is 0 Å². The van der Waals surface area contributed by atoms with Gasteiger partial charge in [-0.05, 0) is 55.5 Å². The first-order valence-electron chi connectivity index (χ1n) is 8.38. The average molecular weight is 321 g/mol. The van der Waals surface area contributed by atoms with E-state index < -0.39 is 0 Å². The summed E-state index contributed by atoms with van der Waals surface area (Å²) in [5, 5.41) is 2.96. The van der Waals surface area contributed by atoms with E-state index in [1.807, 2.05) is 18.2 Å². The number of aryl methyl sites for hydroxylation is 1. The molecule has 2 amide bonds. The quantitative estimate of drug-likeness (QED) is 0.945. The Morgan fingerprint density at radius 1 is 1.21 bits per heavy atom. The normalized spacial score (nSPS) is 16.4. The van der Waals surface area contributed by atoms with Crippen LogP contribution in [0.3, 0.4) is 0 Å². The molecule has 0 unspecified atom stereocenters.